The number of primary amides is 1. The van der Waals surface area contributed by atoms with E-state index in [2.05, 4.69) is 16.0 Å². The molecule has 0 radical (unpaired) electrons. The van der Waals surface area contributed by atoms with Crippen molar-refractivity contribution >= 4 is 29.6 Å². The predicted molar refractivity (Wildman–Crippen MR) is 102 cm³/mol. The van der Waals surface area contributed by atoms with E-state index in [0.29, 0.717) is 6.42 Å². The Morgan fingerprint density at radius 2 is 1.38 bits per heavy atom. The molecule has 0 aliphatic heterocycles. The number of carbonyl (C=O) groups is 5. The average molecular weight is 417 g/mol. The molecule has 0 aliphatic carbocycles. The van der Waals surface area contributed by atoms with Gasteiger partial charge in [-0.05, 0) is 19.8 Å². The molecule has 0 aliphatic rings. The number of hydrogen-bond donors (Lipinski definition) is 7. The van der Waals surface area contributed by atoms with Gasteiger partial charge < -0.3 is 37.6 Å². The van der Waals surface area contributed by atoms with Crippen molar-refractivity contribution in [3.63, 3.8) is 0 Å². The van der Waals surface area contributed by atoms with E-state index in [1.54, 1.807) is 13.8 Å². The normalized spacial score (nSPS) is 17.0. The number of carbonyl (C=O) groups excluding carboxylic acids is 4. The van der Waals surface area contributed by atoms with Crippen molar-refractivity contribution in [2.45, 2.75) is 70.8 Å². The number of carboxylic acid groups (broad SMARTS) is 1. The molecule has 29 heavy (non-hydrogen) atoms. The first-order valence-electron chi connectivity index (χ1n) is 9.17. The molecule has 0 aromatic carbocycles. The first kappa shape index (κ1) is 26.3. The summed E-state index contributed by atoms with van der Waals surface area (Å²) < 4.78 is 0. The summed E-state index contributed by atoms with van der Waals surface area (Å²) in [6, 6.07) is -5.05. The molecule has 6 unspecified atom stereocenters. The number of aliphatic hydroxyl groups is 1. The Morgan fingerprint density at radius 3 is 1.76 bits per heavy atom. The van der Waals surface area contributed by atoms with E-state index in [1.807, 2.05) is 0 Å². The van der Waals surface area contributed by atoms with E-state index >= 15 is 0 Å². The fourth-order valence-electron chi connectivity index (χ4n) is 2.30. The molecule has 0 rings (SSSR count). The van der Waals surface area contributed by atoms with Gasteiger partial charge in [0.25, 0.3) is 0 Å². The second kappa shape index (κ2) is 12.0. The summed E-state index contributed by atoms with van der Waals surface area (Å²) in [4.78, 5) is 59.1. The molecule has 0 aromatic rings. The van der Waals surface area contributed by atoms with E-state index in [4.69, 9.17) is 16.6 Å². The minimum atomic E-state index is -1.62. The number of hydrogen-bond acceptors (Lipinski definition) is 7. The largest absolute Gasteiger partial charge is 0.480 e. The highest BCUT2D eigenvalue weighted by atomic mass is 16.4. The molecule has 12 heteroatoms. The van der Waals surface area contributed by atoms with Crippen molar-refractivity contribution in [2.24, 2.45) is 17.4 Å². The monoisotopic (exact) mass is 417 g/mol. The lowest BCUT2D eigenvalue weighted by atomic mass is 9.97. The number of nitrogens with two attached hydrogens (primary N) is 2. The zero-order chi connectivity index (χ0) is 22.9. The Morgan fingerprint density at radius 1 is 0.897 bits per heavy atom. The molecule has 0 fully saturated rings. The molecule has 0 aromatic heterocycles. The van der Waals surface area contributed by atoms with Crippen LogP contribution in [0.1, 0.15) is 40.5 Å². The topological polar surface area (TPSA) is 214 Å². The lowest BCUT2D eigenvalue weighted by Crippen LogP contribution is -2.61. The van der Waals surface area contributed by atoms with Crippen LogP contribution in [0.15, 0.2) is 0 Å². The van der Waals surface area contributed by atoms with Crippen LogP contribution in [0.3, 0.4) is 0 Å². The summed E-state index contributed by atoms with van der Waals surface area (Å²) >= 11 is 0. The summed E-state index contributed by atoms with van der Waals surface area (Å²) in [5, 5.41) is 25.8. The van der Waals surface area contributed by atoms with E-state index in [9.17, 15) is 29.1 Å². The molecular weight excluding hydrogens is 386 g/mol. The summed E-state index contributed by atoms with van der Waals surface area (Å²) in [7, 11) is 0. The highest BCUT2D eigenvalue weighted by molar-refractivity contribution is 5.95. The molecule has 0 heterocycles. The highest BCUT2D eigenvalue weighted by Crippen LogP contribution is 2.09. The van der Waals surface area contributed by atoms with Gasteiger partial charge in [-0.1, -0.05) is 20.3 Å². The summed E-state index contributed by atoms with van der Waals surface area (Å²) in [6.07, 6.45) is -1.55. The SMILES string of the molecule is CCC(C)C(NC(=O)C(C)N)C(=O)NC(C(=O)NC(CC(N)=O)C(=O)O)C(C)O. The van der Waals surface area contributed by atoms with Crippen LogP contribution >= 0.6 is 0 Å². The Hall–Kier alpha value is -2.73. The van der Waals surface area contributed by atoms with Gasteiger partial charge in [-0.2, -0.15) is 0 Å². The van der Waals surface area contributed by atoms with E-state index in [0.717, 1.165) is 0 Å². The second-order valence-electron chi connectivity index (χ2n) is 6.96. The lowest BCUT2D eigenvalue weighted by Gasteiger charge is -2.28. The molecule has 166 valence electrons. The van der Waals surface area contributed by atoms with Crippen LogP contribution in [-0.4, -0.2) is 70.1 Å². The maximum absolute atomic E-state index is 12.7. The van der Waals surface area contributed by atoms with Crippen LogP contribution in [0.4, 0.5) is 0 Å². The second-order valence-corrected chi connectivity index (χ2v) is 6.96. The van der Waals surface area contributed by atoms with Gasteiger partial charge in [-0.25, -0.2) is 4.79 Å². The fraction of sp³-hybridized carbons (Fsp3) is 0.706. The lowest BCUT2D eigenvalue weighted by molar-refractivity contribution is -0.144. The van der Waals surface area contributed by atoms with Gasteiger partial charge >= 0.3 is 5.97 Å². The van der Waals surface area contributed by atoms with Crippen molar-refractivity contribution in [2.75, 3.05) is 0 Å². The maximum Gasteiger partial charge on any atom is 0.326 e. The van der Waals surface area contributed by atoms with Crippen molar-refractivity contribution in [3.05, 3.63) is 0 Å². The summed E-state index contributed by atoms with van der Waals surface area (Å²) in [5.74, 6) is -5.13. The Bertz CT molecular complexity index is 623. The third-order valence-corrected chi connectivity index (χ3v) is 4.29. The zero-order valence-corrected chi connectivity index (χ0v) is 17.0. The van der Waals surface area contributed by atoms with Crippen LogP contribution in [0.2, 0.25) is 0 Å². The maximum atomic E-state index is 12.7. The molecule has 9 N–H and O–H groups in total. The Balaban J connectivity index is 5.43. The van der Waals surface area contributed by atoms with Gasteiger partial charge in [-0.15, -0.1) is 0 Å². The van der Waals surface area contributed by atoms with Gasteiger partial charge in [-0.3, -0.25) is 19.2 Å². The van der Waals surface area contributed by atoms with Crippen molar-refractivity contribution in [3.8, 4) is 0 Å². The zero-order valence-electron chi connectivity index (χ0n) is 17.0. The van der Waals surface area contributed by atoms with Crippen LogP contribution < -0.4 is 27.4 Å². The number of nitrogens with one attached hydrogen (secondary N) is 3. The molecule has 4 amide bonds. The predicted octanol–water partition coefficient (Wildman–Crippen LogP) is -2.83. The smallest absolute Gasteiger partial charge is 0.326 e. The highest BCUT2D eigenvalue weighted by Gasteiger charge is 2.34. The van der Waals surface area contributed by atoms with Crippen LogP contribution in [0.25, 0.3) is 0 Å². The average Bonchev–Trinajstić information content (AvgIpc) is 2.61. The van der Waals surface area contributed by atoms with Gasteiger partial charge in [0.2, 0.25) is 23.6 Å². The van der Waals surface area contributed by atoms with E-state index in [-0.39, 0.29) is 5.92 Å². The number of aliphatic hydroxyl groups excluding tert-OH is 1. The fourth-order valence-corrected chi connectivity index (χ4v) is 2.30. The minimum Gasteiger partial charge on any atom is -0.480 e. The molecule has 0 saturated heterocycles. The van der Waals surface area contributed by atoms with Gasteiger partial charge in [0.15, 0.2) is 0 Å². The van der Waals surface area contributed by atoms with Crippen LogP contribution in [0, 0.1) is 5.92 Å². The quantitative estimate of drug-likeness (QED) is 0.175. The number of amides is 4. The molecule has 6 atom stereocenters. The van der Waals surface area contributed by atoms with Crippen molar-refractivity contribution < 1.29 is 34.2 Å². The molecule has 0 saturated carbocycles. The number of carboxylic acids is 1. The minimum absolute atomic E-state index is 0.322. The van der Waals surface area contributed by atoms with Crippen LogP contribution in [0.5, 0.6) is 0 Å². The summed E-state index contributed by atoms with van der Waals surface area (Å²) in [5.41, 5.74) is 10.5. The van der Waals surface area contributed by atoms with Gasteiger partial charge in [0.05, 0.1) is 18.6 Å². The standard InChI is InChI=1S/C17H31N5O7/c1-5-7(2)12(21-14(25)8(3)18)15(26)22-13(9(4)23)16(27)20-10(17(28)29)6-11(19)24/h7-10,12-13,23H,5-6,18H2,1-4H3,(H2,19,24)(H,20,27)(H,21,25)(H,22,26)(H,28,29). The number of aliphatic carboxylic acids is 1. The van der Waals surface area contributed by atoms with E-state index < -0.39 is 66.3 Å². The van der Waals surface area contributed by atoms with Gasteiger partial charge in [0, 0.05) is 0 Å². The Kier molecular flexibility index (Phi) is 10.8. The number of rotatable bonds is 12. The third kappa shape index (κ3) is 8.87. The molecule has 12 nitrogen and oxygen atoms in total. The Labute approximate surface area is 168 Å². The van der Waals surface area contributed by atoms with Crippen molar-refractivity contribution in [1.29, 1.82) is 0 Å². The van der Waals surface area contributed by atoms with E-state index in [1.165, 1.54) is 13.8 Å². The molecule has 0 spiro atoms. The van der Waals surface area contributed by atoms with Crippen LogP contribution in [-0.2, 0) is 24.0 Å². The third-order valence-electron chi connectivity index (χ3n) is 4.29. The summed E-state index contributed by atoms with van der Waals surface area (Å²) in [6.45, 7) is 6.16. The van der Waals surface area contributed by atoms with Crippen molar-refractivity contribution in [1.82, 2.24) is 16.0 Å². The first-order valence-corrected chi connectivity index (χ1v) is 9.17. The molecule has 0 bridgehead atoms. The van der Waals surface area contributed by atoms with Gasteiger partial charge in [0.1, 0.15) is 18.1 Å². The first-order chi connectivity index (χ1) is 13.3. The molecular formula is C17H31N5O7.